The van der Waals surface area contributed by atoms with E-state index in [2.05, 4.69) is 26.5 Å². The van der Waals surface area contributed by atoms with Crippen LogP contribution in [0.15, 0.2) is 118 Å². The predicted octanol–water partition coefficient (Wildman–Crippen LogP) is 6.31. The third-order valence-electron chi connectivity index (χ3n) is 5.76. The summed E-state index contributed by atoms with van der Waals surface area (Å²) in [4.78, 5) is 13.4. The second-order valence-corrected chi connectivity index (χ2v) is 11.3. The molecule has 1 N–H and O–H groups in total. The van der Waals surface area contributed by atoms with Gasteiger partial charge >= 0.3 is 0 Å². The molecule has 0 aliphatic carbocycles. The van der Waals surface area contributed by atoms with Crippen LogP contribution in [0.4, 0.5) is 5.69 Å². The van der Waals surface area contributed by atoms with Crippen LogP contribution in [0.3, 0.4) is 0 Å². The fourth-order valence-corrected chi connectivity index (χ4v) is 5.61. The van der Waals surface area contributed by atoms with E-state index < -0.39 is 15.9 Å². The Morgan fingerprint density at radius 3 is 2.27 bits per heavy atom. The van der Waals surface area contributed by atoms with Gasteiger partial charge in [0.1, 0.15) is 0 Å². The van der Waals surface area contributed by atoms with Crippen LogP contribution in [0.25, 0.3) is 0 Å². The Balaban J connectivity index is 1.73. The highest BCUT2D eigenvalue weighted by Gasteiger charge is 2.28. The van der Waals surface area contributed by atoms with E-state index in [9.17, 15) is 13.2 Å². The zero-order chi connectivity index (χ0) is 26.4. The molecule has 37 heavy (non-hydrogen) atoms. The number of amides is 1. The van der Waals surface area contributed by atoms with Crippen molar-refractivity contribution in [3.05, 3.63) is 130 Å². The molecule has 0 aromatic heterocycles. The summed E-state index contributed by atoms with van der Waals surface area (Å²) >= 11 is 3.44. The van der Waals surface area contributed by atoms with E-state index in [4.69, 9.17) is 0 Å². The number of hydrogen-bond donors (Lipinski definition) is 1. The number of carbonyl (C=O) groups is 1. The van der Waals surface area contributed by atoms with Gasteiger partial charge in [-0.25, -0.2) is 13.8 Å². The maximum Gasteiger partial charge on any atom is 0.273 e. The minimum absolute atomic E-state index is 0.0572. The standard InChI is InChI=1S/C29H26BrN3O3S/c1-21-15-17-26(18-16-21)37(35,36)33(20-23-9-4-3-5-10-23)28-14-7-6-13-27(28)29(34)32-31-22(2)24-11-8-12-25(30)19-24/h3-19H,20H2,1-2H3,(H,32,34). The second-order valence-electron chi connectivity index (χ2n) is 8.48. The van der Waals surface area contributed by atoms with E-state index in [0.29, 0.717) is 5.71 Å². The number of para-hydroxylation sites is 1. The lowest BCUT2D eigenvalue weighted by Gasteiger charge is -2.26. The molecular formula is C29H26BrN3O3S. The first-order valence-electron chi connectivity index (χ1n) is 11.6. The van der Waals surface area contributed by atoms with E-state index in [-0.39, 0.29) is 22.7 Å². The van der Waals surface area contributed by atoms with Crippen molar-refractivity contribution in [2.75, 3.05) is 4.31 Å². The monoisotopic (exact) mass is 575 g/mol. The first kappa shape index (κ1) is 26.3. The SMILES string of the molecule is CC(=NNC(=O)c1ccccc1N(Cc1ccccc1)S(=O)(=O)c1ccc(C)cc1)c1cccc(Br)c1. The highest BCUT2D eigenvalue weighted by molar-refractivity contribution is 9.10. The Morgan fingerprint density at radius 2 is 1.57 bits per heavy atom. The van der Waals surface area contributed by atoms with Crippen molar-refractivity contribution in [3.8, 4) is 0 Å². The lowest BCUT2D eigenvalue weighted by atomic mass is 10.1. The maximum absolute atomic E-state index is 13.9. The van der Waals surface area contributed by atoms with E-state index in [0.717, 1.165) is 21.2 Å². The molecule has 0 heterocycles. The fraction of sp³-hybridized carbons (Fsp3) is 0.103. The molecule has 0 radical (unpaired) electrons. The van der Waals surface area contributed by atoms with Crippen LogP contribution < -0.4 is 9.73 Å². The molecule has 6 nitrogen and oxygen atoms in total. The predicted molar refractivity (Wildman–Crippen MR) is 151 cm³/mol. The molecule has 8 heteroatoms. The van der Waals surface area contributed by atoms with Gasteiger partial charge in [-0.05, 0) is 61.4 Å². The molecule has 1 amide bonds. The Hall–Kier alpha value is -3.75. The van der Waals surface area contributed by atoms with Crippen LogP contribution >= 0.6 is 15.9 Å². The molecule has 0 saturated heterocycles. The number of nitrogens with zero attached hydrogens (tertiary/aromatic N) is 2. The van der Waals surface area contributed by atoms with Gasteiger partial charge in [0.25, 0.3) is 15.9 Å². The van der Waals surface area contributed by atoms with Crippen molar-refractivity contribution in [1.82, 2.24) is 5.43 Å². The van der Waals surface area contributed by atoms with Crippen LogP contribution in [0.1, 0.15) is 34.0 Å². The summed E-state index contributed by atoms with van der Waals surface area (Å²) in [6.45, 7) is 3.74. The summed E-state index contributed by atoms with van der Waals surface area (Å²) in [5, 5.41) is 4.25. The van der Waals surface area contributed by atoms with Gasteiger partial charge in [0.15, 0.2) is 0 Å². The van der Waals surface area contributed by atoms with Crippen molar-refractivity contribution < 1.29 is 13.2 Å². The van der Waals surface area contributed by atoms with Gasteiger partial charge in [0, 0.05) is 4.47 Å². The summed E-state index contributed by atoms with van der Waals surface area (Å²) in [6.07, 6.45) is 0. The van der Waals surface area contributed by atoms with Crippen molar-refractivity contribution in [1.29, 1.82) is 0 Å². The van der Waals surface area contributed by atoms with Crippen LogP contribution in [0, 0.1) is 6.92 Å². The number of aryl methyl sites for hydroxylation is 1. The minimum atomic E-state index is -3.99. The summed E-state index contributed by atoms with van der Waals surface area (Å²) in [5.74, 6) is -0.512. The fourth-order valence-electron chi connectivity index (χ4n) is 3.74. The quantitative estimate of drug-likeness (QED) is 0.197. The van der Waals surface area contributed by atoms with E-state index >= 15 is 0 Å². The Bertz CT molecular complexity index is 1540. The third-order valence-corrected chi connectivity index (χ3v) is 8.03. The molecule has 4 aromatic carbocycles. The largest absolute Gasteiger partial charge is 0.273 e. The number of halogens is 1. The highest BCUT2D eigenvalue weighted by Crippen LogP contribution is 2.29. The van der Waals surface area contributed by atoms with Crippen LogP contribution in [0.5, 0.6) is 0 Å². The van der Waals surface area contributed by atoms with Crippen LogP contribution in [0.2, 0.25) is 0 Å². The molecule has 0 saturated carbocycles. The van der Waals surface area contributed by atoms with E-state index in [1.54, 1.807) is 55.5 Å². The number of benzene rings is 4. The van der Waals surface area contributed by atoms with Gasteiger partial charge in [-0.1, -0.05) is 88.2 Å². The number of anilines is 1. The molecule has 0 spiro atoms. The van der Waals surface area contributed by atoms with Crippen molar-refractivity contribution >= 4 is 43.3 Å². The summed E-state index contributed by atoms with van der Waals surface area (Å²) in [6, 6.07) is 30.2. The van der Waals surface area contributed by atoms with Gasteiger partial charge in [0.2, 0.25) is 0 Å². The Morgan fingerprint density at radius 1 is 0.892 bits per heavy atom. The Kier molecular flexibility index (Phi) is 8.21. The molecule has 0 aliphatic heterocycles. The maximum atomic E-state index is 13.9. The molecule has 4 aromatic rings. The number of carbonyl (C=O) groups excluding carboxylic acids is 1. The van der Waals surface area contributed by atoms with Gasteiger partial charge in [-0.2, -0.15) is 5.10 Å². The van der Waals surface area contributed by atoms with E-state index in [1.165, 1.54) is 4.31 Å². The van der Waals surface area contributed by atoms with Gasteiger partial charge in [-0.15, -0.1) is 0 Å². The minimum Gasteiger partial charge on any atom is -0.267 e. The summed E-state index contributed by atoms with van der Waals surface area (Å²) < 4.78 is 29.9. The highest BCUT2D eigenvalue weighted by atomic mass is 79.9. The van der Waals surface area contributed by atoms with E-state index in [1.807, 2.05) is 61.5 Å². The molecule has 0 atom stereocenters. The zero-order valence-electron chi connectivity index (χ0n) is 20.4. The average molecular weight is 577 g/mol. The Labute approximate surface area is 225 Å². The van der Waals surface area contributed by atoms with Crippen molar-refractivity contribution in [2.24, 2.45) is 5.10 Å². The first-order valence-corrected chi connectivity index (χ1v) is 13.8. The first-order chi connectivity index (χ1) is 17.8. The molecule has 0 unspecified atom stereocenters. The molecule has 4 rings (SSSR count). The number of hydrazone groups is 1. The number of hydrogen-bond acceptors (Lipinski definition) is 4. The molecule has 188 valence electrons. The summed E-state index contributed by atoms with van der Waals surface area (Å²) in [7, 11) is -3.99. The topological polar surface area (TPSA) is 78.8 Å². The molecular weight excluding hydrogens is 550 g/mol. The third kappa shape index (κ3) is 6.34. The lowest BCUT2D eigenvalue weighted by Crippen LogP contribution is -2.33. The van der Waals surface area contributed by atoms with Gasteiger partial charge in [0.05, 0.1) is 28.4 Å². The van der Waals surface area contributed by atoms with Crippen molar-refractivity contribution in [3.63, 3.8) is 0 Å². The van der Waals surface area contributed by atoms with Crippen LogP contribution in [-0.4, -0.2) is 20.0 Å². The molecule has 0 bridgehead atoms. The molecule has 0 fully saturated rings. The summed E-state index contributed by atoms with van der Waals surface area (Å²) in [5.41, 5.74) is 6.24. The smallest absolute Gasteiger partial charge is 0.267 e. The van der Waals surface area contributed by atoms with Crippen LogP contribution in [-0.2, 0) is 16.6 Å². The van der Waals surface area contributed by atoms with Gasteiger partial charge in [-0.3, -0.25) is 9.10 Å². The number of rotatable bonds is 8. The zero-order valence-corrected chi connectivity index (χ0v) is 22.8. The normalized spacial score (nSPS) is 11.7. The average Bonchev–Trinajstić information content (AvgIpc) is 2.91. The number of nitrogens with one attached hydrogen (secondary N) is 1. The second kappa shape index (κ2) is 11.5. The van der Waals surface area contributed by atoms with Gasteiger partial charge < -0.3 is 0 Å². The lowest BCUT2D eigenvalue weighted by molar-refractivity contribution is 0.0955. The number of sulfonamides is 1. The van der Waals surface area contributed by atoms with Crippen molar-refractivity contribution in [2.45, 2.75) is 25.3 Å². The molecule has 0 aliphatic rings.